The van der Waals surface area contributed by atoms with Gasteiger partial charge in [0.1, 0.15) is 12.4 Å². The van der Waals surface area contributed by atoms with Crippen molar-refractivity contribution >= 4 is 0 Å². The monoisotopic (exact) mass is 222 g/mol. The first-order valence-electron chi connectivity index (χ1n) is 5.38. The van der Waals surface area contributed by atoms with Gasteiger partial charge < -0.3 is 14.6 Å². The molecule has 16 heavy (non-hydrogen) atoms. The van der Waals surface area contributed by atoms with E-state index in [0.717, 1.165) is 17.7 Å². The molecule has 0 saturated heterocycles. The van der Waals surface area contributed by atoms with Crippen molar-refractivity contribution in [2.75, 3.05) is 26.4 Å². The Morgan fingerprint density at radius 2 is 2.00 bits per heavy atom. The normalized spacial score (nSPS) is 10.1. The highest BCUT2D eigenvalue weighted by Crippen LogP contribution is 2.18. The van der Waals surface area contributed by atoms with E-state index in [0.29, 0.717) is 19.8 Å². The Balaban J connectivity index is 2.37. The number of hydrogen-bond donors (Lipinski definition) is 1. The van der Waals surface area contributed by atoms with E-state index in [1.54, 1.807) is 0 Å². The van der Waals surface area contributed by atoms with Crippen LogP contribution in [0.5, 0.6) is 5.75 Å². The van der Waals surface area contributed by atoms with Gasteiger partial charge >= 0.3 is 0 Å². The summed E-state index contributed by atoms with van der Waals surface area (Å²) in [6, 6.07) is 7.88. The molecule has 0 fully saturated rings. The molecule has 0 aliphatic rings. The Bertz CT molecular complexity index is 310. The lowest BCUT2D eigenvalue weighted by Gasteiger charge is -2.10. The third-order valence-corrected chi connectivity index (χ3v) is 2.06. The molecule has 0 aromatic heterocycles. The number of ether oxygens (including phenoxy) is 2. The van der Waals surface area contributed by atoms with Crippen molar-refractivity contribution in [3.8, 4) is 5.75 Å². The molecule has 0 saturated carbocycles. The molecule has 0 spiro atoms. The number of para-hydroxylation sites is 1. The van der Waals surface area contributed by atoms with Crippen LogP contribution in [-0.4, -0.2) is 31.5 Å². The van der Waals surface area contributed by atoms with Gasteiger partial charge in [-0.05, 0) is 18.1 Å². The van der Waals surface area contributed by atoms with Gasteiger partial charge in [-0.25, -0.2) is 0 Å². The zero-order valence-corrected chi connectivity index (χ0v) is 9.39. The zero-order valence-electron chi connectivity index (χ0n) is 9.39. The number of rotatable bonds is 8. The Kier molecular flexibility index (Phi) is 6.30. The predicted molar refractivity (Wildman–Crippen MR) is 63.7 cm³/mol. The van der Waals surface area contributed by atoms with Gasteiger partial charge in [-0.3, -0.25) is 0 Å². The van der Waals surface area contributed by atoms with Crippen molar-refractivity contribution < 1.29 is 14.6 Å². The molecule has 0 unspecified atom stereocenters. The van der Waals surface area contributed by atoms with Crippen LogP contribution in [0, 0.1) is 0 Å². The molecule has 88 valence electrons. The third-order valence-electron chi connectivity index (χ3n) is 2.06. The molecule has 3 nitrogen and oxygen atoms in total. The standard InChI is InChI=1S/C13H18O3/c1-2-5-12-6-3-4-7-13(12)16-11-10-15-9-8-14/h2-4,6-7,14H,1,5,8-11H2. The molecule has 0 radical (unpaired) electrons. The maximum atomic E-state index is 8.52. The number of aliphatic hydroxyl groups is 1. The van der Waals surface area contributed by atoms with Gasteiger partial charge in [-0.1, -0.05) is 24.3 Å². The van der Waals surface area contributed by atoms with Crippen LogP contribution in [0.3, 0.4) is 0 Å². The molecular formula is C13H18O3. The van der Waals surface area contributed by atoms with Crippen LogP contribution in [-0.2, 0) is 11.2 Å². The maximum Gasteiger partial charge on any atom is 0.122 e. The quantitative estimate of drug-likeness (QED) is 0.538. The van der Waals surface area contributed by atoms with Crippen LogP contribution >= 0.6 is 0 Å². The molecule has 1 aromatic carbocycles. The van der Waals surface area contributed by atoms with E-state index in [1.165, 1.54) is 0 Å². The number of hydrogen-bond acceptors (Lipinski definition) is 3. The van der Waals surface area contributed by atoms with Gasteiger partial charge in [0.25, 0.3) is 0 Å². The predicted octanol–water partition coefficient (Wildman–Crippen LogP) is 1.80. The Labute approximate surface area is 96.3 Å². The molecule has 0 bridgehead atoms. The van der Waals surface area contributed by atoms with Crippen LogP contribution < -0.4 is 4.74 Å². The average Bonchev–Trinajstić information content (AvgIpc) is 2.31. The highest BCUT2D eigenvalue weighted by molar-refractivity contribution is 5.34. The number of aliphatic hydroxyl groups excluding tert-OH is 1. The van der Waals surface area contributed by atoms with Gasteiger partial charge in [-0.2, -0.15) is 0 Å². The van der Waals surface area contributed by atoms with Crippen molar-refractivity contribution in [2.45, 2.75) is 6.42 Å². The minimum absolute atomic E-state index is 0.0487. The Hall–Kier alpha value is -1.32. The van der Waals surface area contributed by atoms with Crippen molar-refractivity contribution in [3.63, 3.8) is 0 Å². The van der Waals surface area contributed by atoms with E-state index in [1.807, 2.05) is 30.3 Å². The molecule has 1 rings (SSSR count). The van der Waals surface area contributed by atoms with Gasteiger partial charge in [0, 0.05) is 0 Å². The van der Waals surface area contributed by atoms with Crippen molar-refractivity contribution in [1.82, 2.24) is 0 Å². The molecule has 0 aliphatic heterocycles. The van der Waals surface area contributed by atoms with E-state index < -0.39 is 0 Å². The minimum atomic E-state index is 0.0487. The highest BCUT2D eigenvalue weighted by Gasteiger charge is 2.00. The van der Waals surface area contributed by atoms with Crippen molar-refractivity contribution in [2.24, 2.45) is 0 Å². The van der Waals surface area contributed by atoms with E-state index in [4.69, 9.17) is 14.6 Å². The molecular weight excluding hydrogens is 204 g/mol. The SMILES string of the molecule is C=CCc1ccccc1OCCOCCO. The van der Waals surface area contributed by atoms with Crippen LogP contribution in [0.1, 0.15) is 5.56 Å². The largest absolute Gasteiger partial charge is 0.491 e. The Morgan fingerprint density at radius 1 is 1.19 bits per heavy atom. The smallest absolute Gasteiger partial charge is 0.122 e. The van der Waals surface area contributed by atoms with Crippen LogP contribution in [0.25, 0.3) is 0 Å². The van der Waals surface area contributed by atoms with E-state index in [9.17, 15) is 0 Å². The lowest BCUT2D eigenvalue weighted by Crippen LogP contribution is -2.09. The van der Waals surface area contributed by atoms with Gasteiger partial charge in [0.05, 0.1) is 19.8 Å². The summed E-state index contributed by atoms with van der Waals surface area (Å²) in [5, 5.41) is 8.52. The molecule has 0 aliphatic carbocycles. The summed E-state index contributed by atoms with van der Waals surface area (Å²) >= 11 is 0. The summed E-state index contributed by atoms with van der Waals surface area (Å²) in [5.74, 6) is 0.870. The topological polar surface area (TPSA) is 38.7 Å². The third kappa shape index (κ3) is 4.47. The summed E-state index contributed by atoms with van der Waals surface area (Å²) < 4.78 is 10.7. The van der Waals surface area contributed by atoms with E-state index in [2.05, 4.69) is 6.58 Å². The van der Waals surface area contributed by atoms with E-state index >= 15 is 0 Å². The lowest BCUT2D eigenvalue weighted by molar-refractivity contribution is 0.0703. The summed E-state index contributed by atoms with van der Waals surface area (Å²) in [7, 11) is 0. The molecule has 1 N–H and O–H groups in total. The average molecular weight is 222 g/mol. The first kappa shape index (κ1) is 12.7. The second kappa shape index (κ2) is 7.91. The first-order valence-corrected chi connectivity index (χ1v) is 5.38. The first-order chi connectivity index (χ1) is 7.88. The fourth-order valence-corrected chi connectivity index (χ4v) is 1.35. The second-order valence-electron chi connectivity index (χ2n) is 3.28. The lowest BCUT2D eigenvalue weighted by atomic mass is 10.1. The number of benzene rings is 1. The fourth-order valence-electron chi connectivity index (χ4n) is 1.35. The van der Waals surface area contributed by atoms with Crippen LogP contribution in [0.2, 0.25) is 0 Å². The summed E-state index contributed by atoms with van der Waals surface area (Å²) in [6.07, 6.45) is 2.65. The van der Waals surface area contributed by atoms with Crippen molar-refractivity contribution in [1.29, 1.82) is 0 Å². The number of allylic oxidation sites excluding steroid dienone is 1. The zero-order chi connectivity index (χ0) is 11.6. The molecule has 1 aromatic rings. The maximum absolute atomic E-state index is 8.52. The Morgan fingerprint density at radius 3 is 2.75 bits per heavy atom. The molecule has 0 heterocycles. The molecule has 0 atom stereocenters. The summed E-state index contributed by atoms with van der Waals surface area (Å²) in [6.45, 7) is 5.10. The van der Waals surface area contributed by atoms with Gasteiger partial charge in [-0.15, -0.1) is 6.58 Å². The summed E-state index contributed by atoms with van der Waals surface area (Å²) in [4.78, 5) is 0. The van der Waals surface area contributed by atoms with Gasteiger partial charge in [0.2, 0.25) is 0 Å². The minimum Gasteiger partial charge on any atom is -0.491 e. The fraction of sp³-hybridized carbons (Fsp3) is 0.385. The molecule has 0 amide bonds. The van der Waals surface area contributed by atoms with Crippen LogP contribution in [0.4, 0.5) is 0 Å². The highest BCUT2D eigenvalue weighted by atomic mass is 16.5. The van der Waals surface area contributed by atoms with Crippen LogP contribution in [0.15, 0.2) is 36.9 Å². The summed E-state index contributed by atoms with van der Waals surface area (Å²) in [5.41, 5.74) is 1.12. The second-order valence-corrected chi connectivity index (χ2v) is 3.28. The molecule has 3 heteroatoms. The van der Waals surface area contributed by atoms with Gasteiger partial charge in [0.15, 0.2) is 0 Å². The van der Waals surface area contributed by atoms with E-state index in [-0.39, 0.29) is 6.61 Å². The van der Waals surface area contributed by atoms with Crippen molar-refractivity contribution in [3.05, 3.63) is 42.5 Å².